The van der Waals surface area contributed by atoms with Gasteiger partial charge in [-0.1, -0.05) is 92.7 Å². The molecule has 2 aliphatic rings. The van der Waals surface area contributed by atoms with Gasteiger partial charge < -0.3 is 9.80 Å². The molecule has 186 valence electrons. The van der Waals surface area contributed by atoms with E-state index in [0.717, 1.165) is 11.4 Å². The van der Waals surface area contributed by atoms with Gasteiger partial charge in [0.15, 0.2) is 0 Å². The fraction of sp³-hybridized carbons (Fsp3) is 0.0811. The van der Waals surface area contributed by atoms with Gasteiger partial charge in [-0.15, -0.1) is 0 Å². The van der Waals surface area contributed by atoms with Gasteiger partial charge in [0.2, 0.25) is 0 Å². The molecule has 6 aromatic rings. The molecular formula is C37H28N2. The lowest BCUT2D eigenvalue weighted by Crippen LogP contribution is -2.17. The first kappa shape index (κ1) is 22.2. The second-order valence-electron chi connectivity index (χ2n) is 11.0. The Morgan fingerprint density at radius 3 is 1.79 bits per heavy atom. The van der Waals surface area contributed by atoms with Gasteiger partial charge >= 0.3 is 0 Å². The van der Waals surface area contributed by atoms with E-state index < -0.39 is 0 Å². The van der Waals surface area contributed by atoms with E-state index in [-0.39, 0.29) is 5.41 Å². The molecule has 39 heavy (non-hydrogen) atoms. The van der Waals surface area contributed by atoms with Crippen LogP contribution in [0.2, 0.25) is 0 Å². The molecule has 2 heteroatoms. The van der Waals surface area contributed by atoms with E-state index in [1.165, 1.54) is 55.8 Å². The smallest absolute Gasteiger partial charge is 0.0547 e. The fourth-order valence-corrected chi connectivity index (χ4v) is 6.78. The largest absolute Gasteiger partial charge is 0.310 e. The zero-order valence-corrected chi connectivity index (χ0v) is 22.1. The van der Waals surface area contributed by atoms with Crippen LogP contribution in [0.25, 0.3) is 21.9 Å². The highest BCUT2D eigenvalue weighted by Crippen LogP contribution is 2.62. The maximum absolute atomic E-state index is 2.46. The lowest BCUT2D eigenvalue weighted by Gasteiger charge is -2.35. The van der Waals surface area contributed by atoms with Crippen LogP contribution in [0.4, 0.5) is 34.1 Å². The molecule has 0 spiro atoms. The summed E-state index contributed by atoms with van der Waals surface area (Å²) in [6.45, 7) is 4.76. The number of hydrogen-bond donors (Lipinski definition) is 0. The third-order valence-corrected chi connectivity index (χ3v) is 8.52. The number of benzene rings is 6. The van der Waals surface area contributed by atoms with Crippen LogP contribution in [0.15, 0.2) is 133 Å². The fourth-order valence-electron chi connectivity index (χ4n) is 6.78. The van der Waals surface area contributed by atoms with Crippen LogP contribution in [0.5, 0.6) is 0 Å². The van der Waals surface area contributed by atoms with Gasteiger partial charge in [0.25, 0.3) is 0 Å². The highest BCUT2D eigenvalue weighted by atomic mass is 15.2. The van der Waals surface area contributed by atoms with E-state index in [2.05, 4.69) is 157 Å². The average molecular weight is 501 g/mol. The first-order valence-electron chi connectivity index (χ1n) is 13.6. The van der Waals surface area contributed by atoms with Crippen molar-refractivity contribution in [3.05, 3.63) is 145 Å². The topological polar surface area (TPSA) is 6.48 Å². The van der Waals surface area contributed by atoms with Crippen molar-refractivity contribution in [3.63, 3.8) is 0 Å². The first-order valence-corrected chi connectivity index (χ1v) is 13.6. The SMILES string of the molecule is CC1(C)c2cccc3c2-c2c1cc(N(c1ccccc1)c1ccccc1)c1cccc(c21)N3c1ccccc1. The van der Waals surface area contributed by atoms with E-state index in [1.807, 2.05) is 0 Å². The predicted molar refractivity (Wildman–Crippen MR) is 164 cm³/mol. The number of rotatable bonds is 4. The Hall–Kier alpha value is -4.82. The summed E-state index contributed by atoms with van der Waals surface area (Å²) in [4.78, 5) is 4.87. The van der Waals surface area contributed by atoms with Gasteiger partial charge in [0, 0.05) is 38.8 Å². The number of hydrogen-bond acceptors (Lipinski definition) is 2. The summed E-state index contributed by atoms with van der Waals surface area (Å²) in [6.07, 6.45) is 0. The molecule has 0 atom stereocenters. The van der Waals surface area contributed by atoms with Crippen molar-refractivity contribution in [2.45, 2.75) is 19.3 Å². The number of para-hydroxylation sites is 3. The van der Waals surface area contributed by atoms with Crippen molar-refractivity contribution < 1.29 is 0 Å². The van der Waals surface area contributed by atoms with Crippen LogP contribution < -0.4 is 9.80 Å². The minimum absolute atomic E-state index is 0.123. The second-order valence-corrected chi connectivity index (χ2v) is 11.0. The van der Waals surface area contributed by atoms with E-state index in [4.69, 9.17) is 0 Å². The lowest BCUT2D eigenvalue weighted by molar-refractivity contribution is 0.661. The van der Waals surface area contributed by atoms with Crippen molar-refractivity contribution in [2.24, 2.45) is 0 Å². The summed E-state index contributed by atoms with van der Waals surface area (Å²) in [5.41, 5.74) is 12.6. The maximum Gasteiger partial charge on any atom is 0.0547 e. The quantitative estimate of drug-likeness (QED) is 0.237. The van der Waals surface area contributed by atoms with Gasteiger partial charge in [0.05, 0.1) is 17.1 Å². The molecule has 0 amide bonds. The van der Waals surface area contributed by atoms with Crippen molar-refractivity contribution in [2.75, 3.05) is 9.80 Å². The predicted octanol–water partition coefficient (Wildman–Crippen LogP) is 10.4. The van der Waals surface area contributed by atoms with Crippen LogP contribution in [0.1, 0.15) is 25.0 Å². The van der Waals surface area contributed by atoms with Crippen LogP contribution in [0, 0.1) is 0 Å². The normalized spacial score (nSPS) is 14.1. The summed E-state index contributed by atoms with van der Waals surface area (Å²) >= 11 is 0. The molecule has 0 unspecified atom stereocenters. The average Bonchev–Trinajstić information content (AvgIpc) is 3.22. The molecule has 0 aromatic heterocycles. The molecular weight excluding hydrogens is 472 g/mol. The van der Waals surface area contributed by atoms with Crippen molar-refractivity contribution in [1.82, 2.24) is 0 Å². The Morgan fingerprint density at radius 2 is 1.13 bits per heavy atom. The third-order valence-electron chi connectivity index (χ3n) is 8.52. The van der Waals surface area contributed by atoms with E-state index in [1.54, 1.807) is 0 Å². The molecule has 1 heterocycles. The van der Waals surface area contributed by atoms with E-state index in [9.17, 15) is 0 Å². The Labute approximate surface area is 229 Å². The molecule has 0 radical (unpaired) electrons. The Morgan fingerprint density at radius 1 is 0.538 bits per heavy atom. The van der Waals surface area contributed by atoms with Crippen LogP contribution in [-0.4, -0.2) is 0 Å². The van der Waals surface area contributed by atoms with Gasteiger partial charge in [-0.2, -0.15) is 0 Å². The Bertz CT molecular complexity index is 1830. The van der Waals surface area contributed by atoms with Crippen LogP contribution in [0.3, 0.4) is 0 Å². The van der Waals surface area contributed by atoms with Gasteiger partial charge in [-0.05, 0) is 71.3 Å². The third kappa shape index (κ3) is 3.03. The first-order chi connectivity index (χ1) is 19.1. The molecule has 0 saturated carbocycles. The van der Waals surface area contributed by atoms with Crippen molar-refractivity contribution in [3.8, 4) is 11.1 Å². The standard InChI is InChI=1S/C37H28N2/c1-37(2)29-21-13-23-32-35(29)36-30(37)24-33(38(25-14-6-3-7-15-25)26-16-8-4-9-17-26)28-20-12-22-31(34(28)36)39(32)27-18-10-5-11-19-27/h3-24H,1-2H3. The molecule has 0 saturated heterocycles. The zero-order chi connectivity index (χ0) is 26.1. The van der Waals surface area contributed by atoms with E-state index in [0.29, 0.717) is 0 Å². The number of nitrogens with zero attached hydrogens (tertiary/aromatic N) is 2. The summed E-state index contributed by atoms with van der Waals surface area (Å²) in [7, 11) is 0. The molecule has 1 aliphatic heterocycles. The molecule has 0 N–H and O–H groups in total. The molecule has 0 fully saturated rings. The minimum Gasteiger partial charge on any atom is -0.310 e. The Kier molecular flexibility index (Phi) is 4.60. The van der Waals surface area contributed by atoms with Crippen LogP contribution >= 0.6 is 0 Å². The maximum atomic E-state index is 2.46. The summed E-state index contributed by atoms with van der Waals surface area (Å²) in [6, 6.07) is 48.4. The minimum atomic E-state index is -0.123. The molecule has 8 rings (SSSR count). The molecule has 0 bridgehead atoms. The zero-order valence-electron chi connectivity index (χ0n) is 22.1. The highest BCUT2D eigenvalue weighted by molar-refractivity contribution is 6.21. The van der Waals surface area contributed by atoms with E-state index >= 15 is 0 Å². The molecule has 1 aliphatic carbocycles. The second kappa shape index (κ2) is 8.09. The molecule has 2 nitrogen and oxygen atoms in total. The summed E-state index contributed by atoms with van der Waals surface area (Å²) in [5, 5.41) is 2.59. The summed E-state index contributed by atoms with van der Waals surface area (Å²) < 4.78 is 0. The monoisotopic (exact) mass is 500 g/mol. The van der Waals surface area contributed by atoms with Gasteiger partial charge in [0.1, 0.15) is 0 Å². The van der Waals surface area contributed by atoms with Crippen molar-refractivity contribution in [1.29, 1.82) is 0 Å². The summed E-state index contributed by atoms with van der Waals surface area (Å²) in [5.74, 6) is 0. The van der Waals surface area contributed by atoms with Crippen LogP contribution in [-0.2, 0) is 5.41 Å². The lowest BCUT2D eigenvalue weighted by atomic mass is 9.81. The Balaban J connectivity index is 1.53. The van der Waals surface area contributed by atoms with Gasteiger partial charge in [-0.3, -0.25) is 0 Å². The van der Waals surface area contributed by atoms with Gasteiger partial charge in [-0.25, -0.2) is 0 Å². The number of anilines is 6. The highest BCUT2D eigenvalue weighted by Gasteiger charge is 2.43. The van der Waals surface area contributed by atoms with Crippen molar-refractivity contribution >= 4 is 44.9 Å². The molecule has 6 aromatic carbocycles.